The molecular formula is C14H12BrClN2O2. The number of pyridine rings is 1. The molecule has 0 bridgehead atoms. The van der Waals surface area contributed by atoms with Gasteiger partial charge >= 0.3 is 0 Å². The molecule has 0 unspecified atom stereocenters. The summed E-state index contributed by atoms with van der Waals surface area (Å²) in [5.41, 5.74) is 2.97. The lowest BCUT2D eigenvalue weighted by atomic mass is 10.2. The molecule has 3 rings (SSSR count). The topological polar surface area (TPSA) is 43.4 Å². The monoisotopic (exact) mass is 354 g/mol. The van der Waals surface area contributed by atoms with E-state index in [9.17, 15) is 0 Å². The van der Waals surface area contributed by atoms with Gasteiger partial charge in [-0.1, -0.05) is 27.5 Å². The van der Waals surface area contributed by atoms with Gasteiger partial charge in [0.05, 0.1) is 5.69 Å². The van der Waals surface area contributed by atoms with Crippen molar-refractivity contribution in [2.24, 2.45) is 0 Å². The summed E-state index contributed by atoms with van der Waals surface area (Å²) in [4.78, 5) is 4.08. The maximum Gasteiger partial charge on any atom is 0.231 e. The van der Waals surface area contributed by atoms with Gasteiger partial charge in [0.25, 0.3) is 0 Å². The number of halogens is 2. The van der Waals surface area contributed by atoms with Gasteiger partial charge in [-0.15, -0.1) is 0 Å². The van der Waals surface area contributed by atoms with Gasteiger partial charge in [0.15, 0.2) is 16.7 Å². The van der Waals surface area contributed by atoms with Crippen LogP contribution in [0.2, 0.25) is 5.15 Å². The Morgan fingerprint density at radius 3 is 2.85 bits per heavy atom. The predicted molar refractivity (Wildman–Crippen MR) is 81.6 cm³/mol. The molecule has 1 aliphatic rings. The highest BCUT2D eigenvalue weighted by Gasteiger charge is 2.16. The molecule has 104 valence electrons. The lowest BCUT2D eigenvalue weighted by Crippen LogP contribution is -2.03. The van der Waals surface area contributed by atoms with Gasteiger partial charge in [0.1, 0.15) is 0 Å². The van der Waals surface area contributed by atoms with Gasteiger partial charge in [0.2, 0.25) is 6.79 Å². The third-order valence-corrected chi connectivity index (χ3v) is 4.14. The fourth-order valence-corrected chi connectivity index (χ4v) is 2.75. The smallest absolute Gasteiger partial charge is 0.231 e. The number of nitrogens with zero attached hydrogens (tertiary/aromatic N) is 1. The van der Waals surface area contributed by atoms with Crippen LogP contribution < -0.4 is 14.8 Å². The summed E-state index contributed by atoms with van der Waals surface area (Å²) in [7, 11) is 0. The van der Waals surface area contributed by atoms with E-state index in [0.717, 1.165) is 32.8 Å². The van der Waals surface area contributed by atoms with E-state index in [4.69, 9.17) is 21.1 Å². The Balaban J connectivity index is 1.82. The van der Waals surface area contributed by atoms with E-state index in [0.29, 0.717) is 11.7 Å². The largest absolute Gasteiger partial charge is 0.454 e. The van der Waals surface area contributed by atoms with Crippen LogP contribution in [0.5, 0.6) is 11.5 Å². The third-order valence-electron chi connectivity index (χ3n) is 3.11. The van der Waals surface area contributed by atoms with E-state index < -0.39 is 0 Å². The molecule has 0 spiro atoms. The van der Waals surface area contributed by atoms with Crippen molar-refractivity contribution < 1.29 is 9.47 Å². The average molecular weight is 356 g/mol. The van der Waals surface area contributed by atoms with E-state index in [1.807, 2.05) is 25.1 Å². The Kier molecular flexibility index (Phi) is 3.72. The Morgan fingerprint density at radius 2 is 2.10 bits per heavy atom. The lowest BCUT2D eigenvalue weighted by Gasteiger charge is -2.12. The van der Waals surface area contributed by atoms with Crippen molar-refractivity contribution in [1.82, 2.24) is 4.98 Å². The van der Waals surface area contributed by atoms with E-state index in [1.165, 1.54) is 0 Å². The van der Waals surface area contributed by atoms with Crippen molar-refractivity contribution in [1.29, 1.82) is 0 Å². The van der Waals surface area contributed by atoms with Crippen LogP contribution in [0.15, 0.2) is 28.9 Å². The van der Waals surface area contributed by atoms with E-state index in [2.05, 4.69) is 26.2 Å². The molecule has 0 fully saturated rings. The third kappa shape index (κ3) is 2.55. The Labute approximate surface area is 130 Å². The zero-order chi connectivity index (χ0) is 14.1. The lowest BCUT2D eigenvalue weighted by molar-refractivity contribution is 0.174. The minimum absolute atomic E-state index is 0.270. The molecule has 2 aromatic rings. The fraction of sp³-hybridized carbons (Fsp3) is 0.214. The van der Waals surface area contributed by atoms with Crippen molar-refractivity contribution in [3.63, 3.8) is 0 Å². The zero-order valence-corrected chi connectivity index (χ0v) is 13.1. The van der Waals surface area contributed by atoms with E-state index in [1.54, 1.807) is 6.20 Å². The molecule has 6 heteroatoms. The van der Waals surface area contributed by atoms with Gasteiger partial charge < -0.3 is 14.8 Å². The van der Waals surface area contributed by atoms with Crippen molar-refractivity contribution in [3.8, 4) is 11.5 Å². The van der Waals surface area contributed by atoms with Gasteiger partial charge in [-0.05, 0) is 36.2 Å². The molecule has 4 nitrogen and oxygen atoms in total. The molecule has 0 saturated heterocycles. The van der Waals surface area contributed by atoms with Gasteiger partial charge in [-0.25, -0.2) is 4.98 Å². The minimum Gasteiger partial charge on any atom is -0.454 e. The number of fused-ring (bicyclic) bond motifs is 1. The molecule has 1 aromatic heterocycles. The van der Waals surface area contributed by atoms with Crippen LogP contribution in [0.1, 0.15) is 11.1 Å². The van der Waals surface area contributed by atoms with Crippen molar-refractivity contribution in [3.05, 3.63) is 45.1 Å². The Hall–Kier alpha value is -1.46. The number of aryl methyl sites for hydroxylation is 1. The molecule has 0 radical (unpaired) electrons. The van der Waals surface area contributed by atoms with Crippen molar-refractivity contribution in [2.75, 3.05) is 12.1 Å². The SMILES string of the molecule is Cc1ccnc(Cl)c1NCc1cc2c(cc1Br)OCO2. The Bertz CT molecular complexity index is 644. The molecule has 0 amide bonds. The second-order valence-corrected chi connectivity index (χ2v) is 5.66. The summed E-state index contributed by atoms with van der Waals surface area (Å²) in [6.07, 6.45) is 1.69. The normalized spacial score (nSPS) is 12.6. The van der Waals surface area contributed by atoms with Crippen molar-refractivity contribution >= 4 is 33.2 Å². The summed E-state index contributed by atoms with van der Waals surface area (Å²) in [6.45, 7) is 2.88. The molecule has 0 aliphatic carbocycles. The van der Waals surface area contributed by atoms with E-state index >= 15 is 0 Å². The fourth-order valence-electron chi connectivity index (χ4n) is 2.02. The molecule has 0 saturated carbocycles. The molecule has 1 aromatic carbocycles. The number of hydrogen-bond acceptors (Lipinski definition) is 4. The van der Waals surface area contributed by atoms with Gasteiger partial charge in [-0.2, -0.15) is 0 Å². The number of rotatable bonds is 3. The highest BCUT2D eigenvalue weighted by atomic mass is 79.9. The number of hydrogen-bond donors (Lipinski definition) is 1. The van der Waals surface area contributed by atoms with Crippen LogP contribution >= 0.6 is 27.5 Å². The number of nitrogens with one attached hydrogen (secondary N) is 1. The summed E-state index contributed by atoms with van der Waals surface area (Å²) >= 11 is 9.64. The van der Waals surface area contributed by atoms with E-state index in [-0.39, 0.29) is 6.79 Å². The van der Waals surface area contributed by atoms with Crippen LogP contribution in [-0.2, 0) is 6.54 Å². The molecular weight excluding hydrogens is 344 g/mol. The number of ether oxygens (including phenoxy) is 2. The quantitative estimate of drug-likeness (QED) is 0.840. The first-order valence-corrected chi connectivity index (χ1v) is 7.25. The number of anilines is 1. The van der Waals surface area contributed by atoms with Crippen LogP contribution in [0.3, 0.4) is 0 Å². The number of aromatic nitrogens is 1. The number of benzene rings is 1. The average Bonchev–Trinajstić information content (AvgIpc) is 2.85. The minimum atomic E-state index is 0.270. The van der Waals surface area contributed by atoms with Crippen LogP contribution in [-0.4, -0.2) is 11.8 Å². The van der Waals surface area contributed by atoms with Gasteiger partial charge in [0, 0.05) is 17.2 Å². The van der Waals surface area contributed by atoms with Gasteiger partial charge in [-0.3, -0.25) is 0 Å². The maximum atomic E-state index is 6.10. The van der Waals surface area contributed by atoms with Crippen LogP contribution in [0, 0.1) is 6.92 Å². The molecule has 2 heterocycles. The first-order valence-electron chi connectivity index (χ1n) is 6.08. The van der Waals surface area contributed by atoms with Crippen molar-refractivity contribution in [2.45, 2.75) is 13.5 Å². The van der Waals surface area contributed by atoms with Crippen LogP contribution in [0.25, 0.3) is 0 Å². The summed E-state index contributed by atoms with van der Waals surface area (Å²) < 4.78 is 11.7. The highest BCUT2D eigenvalue weighted by Crippen LogP contribution is 2.37. The maximum absolute atomic E-state index is 6.10. The summed E-state index contributed by atoms with van der Waals surface area (Å²) in [5, 5.41) is 3.78. The molecule has 1 aliphatic heterocycles. The zero-order valence-electron chi connectivity index (χ0n) is 10.7. The molecule has 1 N–H and O–H groups in total. The summed E-state index contributed by atoms with van der Waals surface area (Å²) in [6, 6.07) is 5.79. The second kappa shape index (κ2) is 5.50. The Morgan fingerprint density at radius 1 is 1.35 bits per heavy atom. The second-order valence-electron chi connectivity index (χ2n) is 4.44. The highest BCUT2D eigenvalue weighted by molar-refractivity contribution is 9.10. The predicted octanol–water partition coefficient (Wildman–Crippen LogP) is 4.15. The molecule has 20 heavy (non-hydrogen) atoms. The first kappa shape index (κ1) is 13.5. The summed E-state index contributed by atoms with van der Waals surface area (Å²) in [5.74, 6) is 1.52. The standard InChI is InChI=1S/C14H12BrClN2O2/c1-8-2-3-17-14(16)13(8)18-6-9-4-11-12(5-10(9)15)20-7-19-11/h2-5,18H,6-7H2,1H3. The molecule has 0 atom stereocenters. The first-order chi connectivity index (χ1) is 9.65. The van der Waals surface area contributed by atoms with Crippen LogP contribution in [0.4, 0.5) is 5.69 Å².